The molecule has 1 rings (SSSR count). The first-order valence-electron chi connectivity index (χ1n) is 2.67. The van der Waals surface area contributed by atoms with Gasteiger partial charge in [-0.3, -0.25) is 0 Å². The predicted molar refractivity (Wildman–Crippen MR) is 32.3 cm³/mol. The van der Waals surface area contributed by atoms with Crippen LogP contribution in [-0.4, -0.2) is 27.2 Å². The highest BCUT2D eigenvalue weighted by Crippen LogP contribution is 2.13. The second kappa shape index (κ2) is 4.37. The molecule has 0 aliphatic rings. The molecular weight excluding hydrogens is 177 g/mol. The number of hydrogen-bond donors (Lipinski definition) is 2. The number of aromatic amines is 1. The van der Waals surface area contributed by atoms with Crippen molar-refractivity contribution in [3.8, 4) is 0 Å². The summed E-state index contributed by atoms with van der Waals surface area (Å²) in [4.78, 5) is 15.3. The summed E-state index contributed by atoms with van der Waals surface area (Å²) in [6.45, 7) is 0. The molecule has 0 aliphatic heterocycles. The highest BCUT2D eigenvalue weighted by molar-refractivity contribution is 5.73. The van der Waals surface area contributed by atoms with Crippen LogP contribution >= 0.6 is 0 Å². The van der Waals surface area contributed by atoms with E-state index in [1.54, 1.807) is 18.7 Å². The van der Waals surface area contributed by atoms with Crippen LogP contribution in [0, 0.1) is 0 Å². The zero-order valence-corrected chi connectivity index (χ0v) is 5.67. The van der Waals surface area contributed by atoms with Crippen molar-refractivity contribution in [1.29, 1.82) is 0 Å². The first-order valence-corrected chi connectivity index (χ1v) is 2.67. The third-order valence-corrected chi connectivity index (χ3v) is 0.648. The van der Waals surface area contributed by atoms with Crippen molar-refractivity contribution < 1.29 is 23.1 Å². The average molecular weight is 182 g/mol. The summed E-state index contributed by atoms with van der Waals surface area (Å²) >= 11 is 0. The van der Waals surface area contributed by atoms with E-state index >= 15 is 0 Å². The maximum Gasteiger partial charge on any atom is 0.490 e. The van der Waals surface area contributed by atoms with Crippen molar-refractivity contribution in [3.05, 3.63) is 18.7 Å². The van der Waals surface area contributed by atoms with Gasteiger partial charge in [-0.05, 0) is 0 Å². The molecular formula is C5H5F3N2O2. The van der Waals surface area contributed by atoms with Gasteiger partial charge in [0.1, 0.15) is 0 Å². The summed E-state index contributed by atoms with van der Waals surface area (Å²) in [6, 6.07) is 0. The number of carbonyl (C=O) groups is 1. The normalized spacial score (nSPS) is 9.92. The van der Waals surface area contributed by atoms with Crippen molar-refractivity contribution in [2.45, 2.75) is 6.18 Å². The van der Waals surface area contributed by atoms with Gasteiger partial charge in [0.05, 0.1) is 6.33 Å². The third-order valence-electron chi connectivity index (χ3n) is 0.648. The number of halogens is 3. The number of nitrogens with one attached hydrogen (secondary N) is 1. The number of nitrogens with zero attached hydrogens (tertiary/aromatic N) is 1. The van der Waals surface area contributed by atoms with E-state index in [1.165, 1.54) is 0 Å². The second-order valence-electron chi connectivity index (χ2n) is 1.56. The minimum Gasteiger partial charge on any atom is -0.475 e. The van der Waals surface area contributed by atoms with Gasteiger partial charge >= 0.3 is 12.1 Å². The molecule has 7 heteroatoms. The number of imidazole rings is 1. The molecule has 0 unspecified atom stereocenters. The van der Waals surface area contributed by atoms with Crippen molar-refractivity contribution in [1.82, 2.24) is 9.97 Å². The lowest BCUT2D eigenvalue weighted by Gasteiger charge is -1.93. The van der Waals surface area contributed by atoms with Crippen LogP contribution in [0.2, 0.25) is 0 Å². The third kappa shape index (κ3) is 5.27. The largest absolute Gasteiger partial charge is 0.490 e. The van der Waals surface area contributed by atoms with Gasteiger partial charge in [-0.15, -0.1) is 0 Å². The quantitative estimate of drug-likeness (QED) is 0.630. The minimum absolute atomic E-state index is 1.62. The average Bonchev–Trinajstić information content (AvgIpc) is 2.39. The number of hydrogen-bond acceptors (Lipinski definition) is 2. The minimum atomic E-state index is -5.08. The maximum absolute atomic E-state index is 10.6. The van der Waals surface area contributed by atoms with E-state index in [2.05, 4.69) is 9.97 Å². The zero-order valence-electron chi connectivity index (χ0n) is 5.67. The number of rotatable bonds is 0. The Hall–Kier alpha value is -1.53. The molecule has 0 saturated heterocycles. The fourth-order valence-electron chi connectivity index (χ4n) is 0.215. The van der Waals surface area contributed by atoms with Gasteiger partial charge in [0.15, 0.2) is 0 Å². The molecule has 0 bridgehead atoms. The van der Waals surface area contributed by atoms with E-state index in [0.29, 0.717) is 0 Å². The van der Waals surface area contributed by atoms with Crippen molar-refractivity contribution in [2.75, 3.05) is 0 Å². The van der Waals surface area contributed by atoms with Crippen LogP contribution in [0.4, 0.5) is 13.2 Å². The summed E-state index contributed by atoms with van der Waals surface area (Å²) in [7, 11) is 0. The molecule has 0 fully saturated rings. The van der Waals surface area contributed by atoms with Crippen LogP contribution in [0.3, 0.4) is 0 Å². The van der Waals surface area contributed by atoms with Crippen LogP contribution < -0.4 is 0 Å². The molecule has 0 atom stereocenters. The molecule has 2 N–H and O–H groups in total. The van der Waals surface area contributed by atoms with Gasteiger partial charge in [-0.2, -0.15) is 13.2 Å². The molecule has 68 valence electrons. The van der Waals surface area contributed by atoms with E-state index < -0.39 is 12.1 Å². The summed E-state index contributed by atoms with van der Waals surface area (Å²) in [6.07, 6.45) is -0.000000000000000444. The Labute approximate surface area is 65.0 Å². The van der Waals surface area contributed by atoms with Crippen LogP contribution in [0.15, 0.2) is 18.7 Å². The van der Waals surface area contributed by atoms with Gasteiger partial charge < -0.3 is 10.1 Å². The smallest absolute Gasteiger partial charge is 0.475 e. The number of aliphatic carboxylic acids is 1. The van der Waals surface area contributed by atoms with Crippen LogP contribution in [0.5, 0.6) is 0 Å². The number of aromatic nitrogens is 2. The van der Waals surface area contributed by atoms with Gasteiger partial charge in [0, 0.05) is 12.4 Å². The first kappa shape index (κ1) is 10.5. The topological polar surface area (TPSA) is 66.0 Å². The van der Waals surface area contributed by atoms with Crippen LogP contribution in [0.1, 0.15) is 0 Å². The number of carboxylic acid groups (broad SMARTS) is 1. The molecule has 0 spiro atoms. The fraction of sp³-hybridized carbons (Fsp3) is 0.200. The highest BCUT2D eigenvalue weighted by atomic mass is 19.4. The maximum atomic E-state index is 10.6. The van der Waals surface area contributed by atoms with Gasteiger partial charge in [0.2, 0.25) is 0 Å². The molecule has 0 aromatic carbocycles. The predicted octanol–water partition coefficient (Wildman–Crippen LogP) is 1.04. The van der Waals surface area contributed by atoms with E-state index in [4.69, 9.17) is 9.90 Å². The van der Waals surface area contributed by atoms with Crippen LogP contribution in [-0.2, 0) is 4.79 Å². The monoisotopic (exact) mass is 182 g/mol. The lowest BCUT2D eigenvalue weighted by atomic mass is 10.7. The Morgan fingerprint density at radius 2 is 2.00 bits per heavy atom. The molecule has 4 nitrogen and oxygen atoms in total. The summed E-state index contributed by atoms with van der Waals surface area (Å²) in [5.74, 6) is -2.76. The molecule has 1 aromatic heterocycles. The Morgan fingerprint density at radius 1 is 1.50 bits per heavy atom. The Kier molecular flexibility index (Phi) is 3.81. The molecule has 1 heterocycles. The molecule has 0 aliphatic carbocycles. The Bertz CT molecular complexity index is 202. The Balaban J connectivity index is 0.000000211. The zero-order chi connectivity index (χ0) is 9.61. The molecule has 1 aromatic rings. The Morgan fingerprint density at radius 3 is 2.08 bits per heavy atom. The SMILES string of the molecule is O=C(O)C(F)(F)F.c1c[nH]cn1. The molecule has 0 saturated carbocycles. The molecule has 0 amide bonds. The number of carboxylic acids is 1. The number of alkyl halides is 3. The summed E-state index contributed by atoms with van der Waals surface area (Å²) < 4.78 is 31.7. The summed E-state index contributed by atoms with van der Waals surface area (Å²) in [5, 5.41) is 7.12. The van der Waals surface area contributed by atoms with E-state index in [0.717, 1.165) is 0 Å². The highest BCUT2D eigenvalue weighted by Gasteiger charge is 2.38. The molecule has 0 radical (unpaired) electrons. The number of H-pyrrole nitrogens is 1. The second-order valence-corrected chi connectivity index (χ2v) is 1.56. The lowest BCUT2D eigenvalue weighted by Crippen LogP contribution is -2.21. The van der Waals surface area contributed by atoms with Gasteiger partial charge in [-0.25, -0.2) is 9.78 Å². The summed E-state index contributed by atoms with van der Waals surface area (Å²) in [5.41, 5.74) is 0. The van der Waals surface area contributed by atoms with Gasteiger partial charge in [-0.1, -0.05) is 0 Å². The first-order chi connectivity index (χ1) is 5.44. The van der Waals surface area contributed by atoms with Crippen LogP contribution in [0.25, 0.3) is 0 Å². The van der Waals surface area contributed by atoms with E-state index in [9.17, 15) is 13.2 Å². The van der Waals surface area contributed by atoms with E-state index in [1.807, 2.05) is 0 Å². The van der Waals surface area contributed by atoms with Crippen molar-refractivity contribution in [3.63, 3.8) is 0 Å². The standard InChI is InChI=1S/C3H4N2.C2HF3O2/c1-2-5-3-4-1;3-2(4,5)1(6)7/h1-3H,(H,4,5);(H,6,7). The van der Waals surface area contributed by atoms with E-state index in [-0.39, 0.29) is 0 Å². The van der Waals surface area contributed by atoms with Gasteiger partial charge in [0.25, 0.3) is 0 Å². The lowest BCUT2D eigenvalue weighted by molar-refractivity contribution is -0.192. The van der Waals surface area contributed by atoms with Crippen molar-refractivity contribution >= 4 is 5.97 Å². The molecule has 12 heavy (non-hydrogen) atoms. The van der Waals surface area contributed by atoms with Crippen molar-refractivity contribution in [2.24, 2.45) is 0 Å². The fourth-order valence-corrected chi connectivity index (χ4v) is 0.215.